The van der Waals surface area contributed by atoms with Crippen molar-refractivity contribution >= 4 is 23.7 Å². The minimum Gasteiger partial charge on any atom is -0.460 e. The number of fused-ring (bicyclic) bond motifs is 3. The third kappa shape index (κ3) is 11.0. The zero-order valence-corrected chi connectivity index (χ0v) is 30.0. The molecule has 1 saturated heterocycles. The van der Waals surface area contributed by atoms with E-state index >= 15 is 0 Å². The molecule has 0 aromatic carbocycles. The van der Waals surface area contributed by atoms with E-state index in [0.29, 0.717) is 36.3 Å². The Bertz CT molecular complexity index is 1800. The SMILES string of the molecule is CC1=CC(O)CC(F)Cc2nc(co2)C(=O)N2CCCC2C(=O)OC(C(C)C)C(CC(=O)NCCn2cc(-c3ccn[nH]3)nn2)/C=C/C(=O)NCC=C1. The maximum Gasteiger partial charge on any atom is 0.329 e. The molecule has 2 aliphatic rings. The highest BCUT2D eigenvalue weighted by atomic mass is 19.1. The number of nitrogens with one attached hydrogen (secondary N) is 3. The average Bonchev–Trinajstić information content (AvgIpc) is 3.94. The lowest BCUT2D eigenvalue weighted by molar-refractivity contribution is -0.159. The lowest BCUT2D eigenvalue weighted by atomic mass is 9.89. The Hall–Kier alpha value is -5.45. The number of alkyl halides is 1. The first-order valence-electron chi connectivity index (χ1n) is 17.7. The predicted molar refractivity (Wildman–Crippen MR) is 188 cm³/mol. The number of allylic oxidation sites excluding steroid dienone is 2. The molecule has 0 radical (unpaired) electrons. The van der Waals surface area contributed by atoms with Crippen molar-refractivity contribution in [2.75, 3.05) is 19.6 Å². The van der Waals surface area contributed by atoms with E-state index in [9.17, 15) is 28.7 Å². The summed E-state index contributed by atoms with van der Waals surface area (Å²) in [5.74, 6) is -2.97. The highest BCUT2D eigenvalue weighted by Crippen LogP contribution is 2.27. The fourth-order valence-corrected chi connectivity index (χ4v) is 6.29. The van der Waals surface area contributed by atoms with E-state index in [1.807, 2.05) is 13.8 Å². The van der Waals surface area contributed by atoms with Crippen LogP contribution in [0.15, 0.2) is 65.1 Å². The fraction of sp³-hybridized carbons (Fsp3) is 0.500. The molecule has 5 unspecified atom stereocenters. The number of esters is 1. The molecule has 5 rings (SSSR count). The Morgan fingerprint density at radius 1 is 1.21 bits per heavy atom. The molecule has 0 saturated carbocycles. The van der Waals surface area contributed by atoms with E-state index in [2.05, 4.69) is 36.1 Å². The maximum atomic E-state index is 14.8. The number of oxazole rings is 1. The molecule has 17 heteroatoms. The normalized spacial score (nSPS) is 24.3. The molecule has 3 amide bonds. The van der Waals surface area contributed by atoms with Gasteiger partial charge < -0.3 is 29.8 Å². The van der Waals surface area contributed by atoms with Crippen molar-refractivity contribution in [1.29, 1.82) is 0 Å². The summed E-state index contributed by atoms with van der Waals surface area (Å²) in [4.78, 5) is 58.9. The molecule has 2 bridgehead atoms. The summed E-state index contributed by atoms with van der Waals surface area (Å²) in [6.07, 6.45) is 9.09. The number of amides is 3. The minimum absolute atomic E-state index is 0.00551. The van der Waals surface area contributed by atoms with Gasteiger partial charge in [-0.3, -0.25) is 24.2 Å². The summed E-state index contributed by atoms with van der Waals surface area (Å²) in [5.41, 5.74) is 1.90. The topological polar surface area (TPSA) is 210 Å². The molecule has 284 valence electrons. The van der Waals surface area contributed by atoms with Crippen molar-refractivity contribution in [3.63, 3.8) is 0 Å². The standard InChI is InChI=1S/C36H46FN9O7/c1-22(2)34-24(17-32(49)39-13-15-45-20-28(43-44-45)27-10-12-40-42-27)8-9-31(48)38-11-4-6-23(3)16-26(47)18-25(37)19-33-41-29(21-52-33)35(50)46-14-5-7-30(46)36(51)53-34/h4,6,8-10,12,16,20-22,24-26,30,34,47H,5,7,11,13-15,17-19H2,1-3H3,(H,38,48)(H,39,49)(H,40,42)/b6-4?,9-8+,23-16?. The first kappa shape index (κ1) is 38.8. The van der Waals surface area contributed by atoms with E-state index in [1.54, 1.807) is 48.3 Å². The summed E-state index contributed by atoms with van der Waals surface area (Å²) < 4.78 is 27.9. The Morgan fingerprint density at radius 2 is 2.04 bits per heavy atom. The monoisotopic (exact) mass is 735 g/mol. The highest BCUT2D eigenvalue weighted by Gasteiger charge is 2.39. The average molecular weight is 736 g/mol. The summed E-state index contributed by atoms with van der Waals surface area (Å²) >= 11 is 0. The molecule has 4 N–H and O–H groups in total. The second-order valence-corrected chi connectivity index (χ2v) is 13.5. The van der Waals surface area contributed by atoms with Gasteiger partial charge in [-0.15, -0.1) is 5.10 Å². The van der Waals surface area contributed by atoms with Crippen molar-refractivity contribution in [2.24, 2.45) is 11.8 Å². The van der Waals surface area contributed by atoms with Crippen LogP contribution in [0.5, 0.6) is 0 Å². The van der Waals surface area contributed by atoms with Gasteiger partial charge in [0.15, 0.2) is 11.6 Å². The molecule has 3 aromatic heterocycles. The number of cyclic esters (lactones) is 1. The number of carbonyl (C=O) groups is 4. The quantitative estimate of drug-likeness (QED) is 0.259. The molecule has 0 aliphatic carbocycles. The van der Waals surface area contributed by atoms with Crippen molar-refractivity contribution < 1.29 is 37.8 Å². The largest absolute Gasteiger partial charge is 0.460 e. The number of H-pyrrole nitrogens is 1. The number of hydrogen-bond donors (Lipinski definition) is 4. The Morgan fingerprint density at radius 3 is 2.81 bits per heavy atom. The van der Waals surface area contributed by atoms with Crippen LogP contribution >= 0.6 is 0 Å². The number of halogens is 1. The predicted octanol–water partition coefficient (Wildman–Crippen LogP) is 2.47. The molecule has 5 atom stereocenters. The van der Waals surface area contributed by atoms with Gasteiger partial charge in [-0.1, -0.05) is 48.9 Å². The molecule has 16 nitrogen and oxygen atoms in total. The van der Waals surface area contributed by atoms with E-state index in [1.165, 1.54) is 17.1 Å². The number of ether oxygens (including phenoxy) is 1. The van der Waals surface area contributed by atoms with Gasteiger partial charge in [0.2, 0.25) is 11.8 Å². The lowest BCUT2D eigenvalue weighted by Crippen LogP contribution is -2.44. The van der Waals surface area contributed by atoms with Crippen molar-refractivity contribution in [3.05, 3.63) is 72.3 Å². The molecule has 53 heavy (non-hydrogen) atoms. The van der Waals surface area contributed by atoms with Gasteiger partial charge in [0.25, 0.3) is 5.91 Å². The van der Waals surface area contributed by atoms with E-state index in [-0.39, 0.29) is 62.3 Å². The van der Waals surface area contributed by atoms with Crippen LogP contribution in [0.1, 0.15) is 62.8 Å². The van der Waals surface area contributed by atoms with Gasteiger partial charge in [-0.2, -0.15) is 5.10 Å². The summed E-state index contributed by atoms with van der Waals surface area (Å²) in [5, 5.41) is 30.9. The molecular weight excluding hydrogens is 689 g/mol. The number of rotatable bonds is 7. The molecule has 2 aliphatic heterocycles. The van der Waals surface area contributed by atoms with Gasteiger partial charge in [-0.05, 0) is 37.8 Å². The zero-order valence-electron chi connectivity index (χ0n) is 30.0. The number of aliphatic hydroxyl groups excluding tert-OH is 1. The lowest BCUT2D eigenvalue weighted by Gasteiger charge is -2.30. The van der Waals surface area contributed by atoms with Crippen LogP contribution in [-0.2, 0) is 32.1 Å². The maximum absolute atomic E-state index is 14.8. The number of aromatic amines is 1. The minimum atomic E-state index is -1.50. The molecule has 0 spiro atoms. The van der Waals surface area contributed by atoms with Crippen LogP contribution in [-0.4, -0.2) is 108 Å². The fourth-order valence-electron chi connectivity index (χ4n) is 6.29. The van der Waals surface area contributed by atoms with Crippen LogP contribution in [0.2, 0.25) is 0 Å². The first-order valence-corrected chi connectivity index (χ1v) is 17.7. The molecular formula is C36H46FN9O7. The van der Waals surface area contributed by atoms with Gasteiger partial charge in [0, 0.05) is 44.6 Å². The summed E-state index contributed by atoms with van der Waals surface area (Å²) in [7, 11) is 0. The van der Waals surface area contributed by atoms with Gasteiger partial charge >= 0.3 is 5.97 Å². The second-order valence-electron chi connectivity index (χ2n) is 13.5. The second kappa shape index (κ2) is 18.3. The third-order valence-electron chi connectivity index (χ3n) is 8.91. The van der Waals surface area contributed by atoms with E-state index < -0.39 is 48.1 Å². The summed E-state index contributed by atoms with van der Waals surface area (Å²) in [6.45, 7) is 6.43. The van der Waals surface area contributed by atoms with E-state index in [0.717, 1.165) is 6.26 Å². The molecule has 3 aromatic rings. The van der Waals surface area contributed by atoms with Crippen LogP contribution in [0.4, 0.5) is 4.39 Å². The molecule has 5 heterocycles. The van der Waals surface area contributed by atoms with Crippen molar-refractivity contribution in [1.82, 2.24) is 45.7 Å². The number of carbonyl (C=O) groups excluding carboxylic acids is 4. The van der Waals surface area contributed by atoms with Crippen molar-refractivity contribution in [2.45, 2.75) is 83.8 Å². The van der Waals surface area contributed by atoms with Gasteiger partial charge in [0.05, 0.1) is 31.0 Å². The van der Waals surface area contributed by atoms with E-state index in [4.69, 9.17) is 9.15 Å². The Balaban J connectivity index is 1.33. The van der Waals surface area contributed by atoms with Crippen molar-refractivity contribution in [3.8, 4) is 11.4 Å². The number of nitrogens with zero attached hydrogens (tertiary/aromatic N) is 6. The molecule has 1 fully saturated rings. The van der Waals surface area contributed by atoms with Crippen LogP contribution in [0.25, 0.3) is 11.4 Å². The van der Waals surface area contributed by atoms with Gasteiger partial charge in [0.1, 0.15) is 30.3 Å². The number of hydrogen-bond acceptors (Lipinski definition) is 11. The van der Waals surface area contributed by atoms with Gasteiger partial charge in [-0.25, -0.2) is 14.2 Å². The summed E-state index contributed by atoms with van der Waals surface area (Å²) in [6, 6.07) is 0.843. The highest BCUT2D eigenvalue weighted by molar-refractivity contribution is 5.95. The third-order valence-corrected chi connectivity index (χ3v) is 8.91. The van der Waals surface area contributed by atoms with Crippen LogP contribution in [0.3, 0.4) is 0 Å². The Kier molecular flexibility index (Phi) is 13.4. The number of aliphatic hydroxyl groups is 1. The number of aromatic nitrogens is 6. The van der Waals surface area contributed by atoms with Crippen LogP contribution in [0, 0.1) is 11.8 Å². The Labute approximate surface area is 305 Å². The zero-order chi connectivity index (χ0) is 37.9. The first-order chi connectivity index (χ1) is 25.5. The smallest absolute Gasteiger partial charge is 0.329 e. The van der Waals surface area contributed by atoms with Crippen LogP contribution < -0.4 is 10.6 Å².